The minimum atomic E-state index is -0.203. The quantitative estimate of drug-likeness (QED) is 0.602. The standard InChI is InChI=1S/C20H18N4O2/c1-14-17-4-2-3-5-18(17)26-19(14)20(25)22-10-15-6-8-16(9-7-15)11-24-13-21-12-23-24/h2-9,12-13H,10-11H2,1H3,(H,22,25). The Hall–Kier alpha value is -3.41. The number of fused-ring (bicyclic) bond motifs is 1. The number of rotatable bonds is 5. The molecule has 2 heterocycles. The molecule has 0 atom stereocenters. The van der Waals surface area contributed by atoms with Gasteiger partial charge in [-0.2, -0.15) is 5.10 Å². The predicted molar refractivity (Wildman–Crippen MR) is 97.7 cm³/mol. The molecule has 0 fully saturated rings. The van der Waals surface area contributed by atoms with Gasteiger partial charge in [-0.1, -0.05) is 42.5 Å². The maximum atomic E-state index is 12.5. The summed E-state index contributed by atoms with van der Waals surface area (Å²) in [4.78, 5) is 16.4. The Morgan fingerprint density at radius 3 is 2.62 bits per heavy atom. The van der Waals surface area contributed by atoms with Crippen LogP contribution in [0, 0.1) is 6.92 Å². The molecule has 0 aliphatic heterocycles. The van der Waals surface area contributed by atoms with Crippen LogP contribution in [0.25, 0.3) is 11.0 Å². The third-order valence-corrected chi connectivity index (χ3v) is 4.34. The molecule has 0 aliphatic carbocycles. The SMILES string of the molecule is Cc1c(C(=O)NCc2ccc(Cn3cncn3)cc2)oc2ccccc12. The Morgan fingerprint density at radius 1 is 1.12 bits per heavy atom. The molecule has 0 saturated carbocycles. The highest BCUT2D eigenvalue weighted by molar-refractivity contribution is 5.98. The van der Waals surface area contributed by atoms with E-state index in [0.717, 1.165) is 27.7 Å². The van der Waals surface area contributed by atoms with E-state index in [4.69, 9.17) is 4.42 Å². The van der Waals surface area contributed by atoms with Crippen molar-refractivity contribution in [1.29, 1.82) is 0 Å². The lowest BCUT2D eigenvalue weighted by atomic mass is 10.1. The van der Waals surface area contributed by atoms with Gasteiger partial charge in [0.25, 0.3) is 5.91 Å². The number of nitrogens with one attached hydrogen (secondary N) is 1. The van der Waals surface area contributed by atoms with Crippen molar-refractivity contribution in [2.75, 3.05) is 0 Å². The fraction of sp³-hybridized carbons (Fsp3) is 0.150. The summed E-state index contributed by atoms with van der Waals surface area (Å²) >= 11 is 0. The third kappa shape index (κ3) is 3.21. The van der Waals surface area contributed by atoms with Gasteiger partial charge >= 0.3 is 0 Å². The lowest BCUT2D eigenvalue weighted by Gasteiger charge is -2.06. The van der Waals surface area contributed by atoms with Gasteiger partial charge in [-0.3, -0.25) is 4.79 Å². The normalized spacial score (nSPS) is 11.0. The molecule has 1 N–H and O–H groups in total. The number of carbonyl (C=O) groups excluding carboxylic acids is 1. The molecule has 6 nitrogen and oxygen atoms in total. The van der Waals surface area contributed by atoms with Crippen LogP contribution in [0.1, 0.15) is 27.2 Å². The molecular formula is C20H18N4O2. The van der Waals surface area contributed by atoms with Crippen LogP contribution < -0.4 is 5.32 Å². The number of furan rings is 1. The van der Waals surface area contributed by atoms with Crippen LogP contribution in [0.2, 0.25) is 0 Å². The van der Waals surface area contributed by atoms with Gasteiger partial charge in [0.15, 0.2) is 5.76 Å². The molecule has 130 valence electrons. The summed E-state index contributed by atoms with van der Waals surface area (Å²) < 4.78 is 7.46. The maximum Gasteiger partial charge on any atom is 0.287 e. The molecule has 2 aromatic heterocycles. The van der Waals surface area contributed by atoms with E-state index in [1.54, 1.807) is 11.0 Å². The number of aryl methyl sites for hydroxylation is 1. The van der Waals surface area contributed by atoms with Crippen molar-refractivity contribution in [2.45, 2.75) is 20.0 Å². The van der Waals surface area contributed by atoms with Crippen molar-refractivity contribution in [3.8, 4) is 0 Å². The number of carbonyl (C=O) groups is 1. The van der Waals surface area contributed by atoms with Crippen molar-refractivity contribution in [3.63, 3.8) is 0 Å². The van der Waals surface area contributed by atoms with Crippen LogP contribution in [0.5, 0.6) is 0 Å². The molecule has 0 spiro atoms. The summed E-state index contributed by atoms with van der Waals surface area (Å²) in [6, 6.07) is 15.7. The Labute approximate surface area is 150 Å². The lowest BCUT2D eigenvalue weighted by molar-refractivity contribution is 0.0924. The fourth-order valence-electron chi connectivity index (χ4n) is 2.92. The number of nitrogens with zero attached hydrogens (tertiary/aromatic N) is 3. The largest absolute Gasteiger partial charge is 0.451 e. The van der Waals surface area contributed by atoms with Gasteiger partial charge in [0.05, 0.1) is 6.54 Å². The summed E-state index contributed by atoms with van der Waals surface area (Å²) in [6.07, 6.45) is 3.20. The first-order valence-corrected chi connectivity index (χ1v) is 8.37. The van der Waals surface area contributed by atoms with Crippen molar-refractivity contribution < 1.29 is 9.21 Å². The molecule has 26 heavy (non-hydrogen) atoms. The lowest BCUT2D eigenvalue weighted by Crippen LogP contribution is -2.22. The van der Waals surface area contributed by atoms with E-state index < -0.39 is 0 Å². The zero-order valence-corrected chi connectivity index (χ0v) is 14.3. The second kappa shape index (κ2) is 6.84. The highest BCUT2D eigenvalue weighted by Crippen LogP contribution is 2.24. The number of para-hydroxylation sites is 1. The van der Waals surface area contributed by atoms with Crippen LogP contribution in [-0.2, 0) is 13.1 Å². The second-order valence-electron chi connectivity index (χ2n) is 6.14. The first kappa shape index (κ1) is 16.1. The highest BCUT2D eigenvalue weighted by Gasteiger charge is 2.16. The number of hydrogen-bond donors (Lipinski definition) is 1. The van der Waals surface area contributed by atoms with Crippen LogP contribution in [0.4, 0.5) is 0 Å². The summed E-state index contributed by atoms with van der Waals surface area (Å²) in [7, 11) is 0. The molecule has 2 aromatic carbocycles. The molecule has 0 aliphatic rings. The molecule has 4 aromatic rings. The summed E-state index contributed by atoms with van der Waals surface area (Å²) in [5, 5.41) is 7.98. The molecule has 0 unspecified atom stereocenters. The van der Waals surface area contributed by atoms with Crippen LogP contribution >= 0.6 is 0 Å². The van der Waals surface area contributed by atoms with Crippen molar-refractivity contribution in [1.82, 2.24) is 20.1 Å². The first-order valence-electron chi connectivity index (χ1n) is 8.37. The van der Waals surface area contributed by atoms with Gasteiger partial charge < -0.3 is 9.73 Å². The second-order valence-corrected chi connectivity index (χ2v) is 6.14. The van der Waals surface area contributed by atoms with Gasteiger partial charge in [0.1, 0.15) is 18.2 Å². The van der Waals surface area contributed by atoms with Crippen LogP contribution in [-0.4, -0.2) is 20.7 Å². The third-order valence-electron chi connectivity index (χ3n) is 4.34. The van der Waals surface area contributed by atoms with Crippen LogP contribution in [0.15, 0.2) is 65.6 Å². The topological polar surface area (TPSA) is 73.0 Å². The molecule has 1 amide bonds. The Balaban J connectivity index is 1.41. The van der Waals surface area contributed by atoms with Crippen LogP contribution in [0.3, 0.4) is 0 Å². The summed E-state index contributed by atoms with van der Waals surface area (Å²) in [5.74, 6) is 0.166. The first-order chi connectivity index (χ1) is 12.7. The number of aromatic nitrogens is 3. The van der Waals surface area contributed by atoms with E-state index in [9.17, 15) is 4.79 Å². The zero-order chi connectivity index (χ0) is 17.9. The van der Waals surface area contributed by atoms with E-state index >= 15 is 0 Å². The molecule has 4 rings (SSSR count). The molecule has 0 radical (unpaired) electrons. The average Bonchev–Trinajstić information content (AvgIpc) is 3.29. The molecular weight excluding hydrogens is 328 g/mol. The highest BCUT2D eigenvalue weighted by atomic mass is 16.3. The Kier molecular flexibility index (Phi) is 4.23. The van der Waals surface area contributed by atoms with Crippen molar-refractivity contribution in [3.05, 3.63) is 83.6 Å². The molecule has 0 bridgehead atoms. The minimum Gasteiger partial charge on any atom is -0.451 e. The van der Waals surface area contributed by atoms with E-state index in [0.29, 0.717) is 18.8 Å². The van der Waals surface area contributed by atoms with Crippen molar-refractivity contribution in [2.24, 2.45) is 0 Å². The Morgan fingerprint density at radius 2 is 1.88 bits per heavy atom. The van der Waals surface area contributed by atoms with Gasteiger partial charge in [0, 0.05) is 17.5 Å². The smallest absolute Gasteiger partial charge is 0.287 e. The Bertz CT molecular complexity index is 1030. The number of amides is 1. The van der Waals surface area contributed by atoms with Crippen molar-refractivity contribution >= 4 is 16.9 Å². The van der Waals surface area contributed by atoms with Gasteiger partial charge in [0.2, 0.25) is 0 Å². The van der Waals surface area contributed by atoms with E-state index in [-0.39, 0.29) is 5.91 Å². The van der Waals surface area contributed by atoms with Gasteiger partial charge in [-0.05, 0) is 24.1 Å². The van der Waals surface area contributed by atoms with Gasteiger partial charge in [-0.25, -0.2) is 9.67 Å². The summed E-state index contributed by atoms with van der Waals surface area (Å²) in [6.45, 7) is 3.02. The molecule has 6 heteroatoms. The number of benzene rings is 2. The average molecular weight is 346 g/mol. The predicted octanol–water partition coefficient (Wildman–Crippen LogP) is 3.31. The van der Waals surface area contributed by atoms with E-state index in [2.05, 4.69) is 15.4 Å². The maximum absolute atomic E-state index is 12.5. The monoisotopic (exact) mass is 346 g/mol. The van der Waals surface area contributed by atoms with E-state index in [1.165, 1.54) is 6.33 Å². The minimum absolute atomic E-state index is 0.203. The fourth-order valence-corrected chi connectivity index (χ4v) is 2.92. The zero-order valence-electron chi connectivity index (χ0n) is 14.3. The van der Waals surface area contributed by atoms with Gasteiger partial charge in [-0.15, -0.1) is 0 Å². The summed E-state index contributed by atoms with van der Waals surface area (Å²) in [5.41, 5.74) is 3.74. The molecule has 0 saturated heterocycles. The number of hydrogen-bond acceptors (Lipinski definition) is 4. The van der Waals surface area contributed by atoms with E-state index in [1.807, 2.05) is 55.5 Å².